The number of rotatable bonds is 4. The number of hydrogen-bond donors (Lipinski definition) is 1. The van der Waals surface area contributed by atoms with Gasteiger partial charge < -0.3 is 9.88 Å². The van der Waals surface area contributed by atoms with Gasteiger partial charge in [-0.1, -0.05) is 49.6 Å². The molecule has 0 unspecified atom stereocenters. The number of para-hydroxylation sites is 2. The van der Waals surface area contributed by atoms with E-state index >= 15 is 0 Å². The predicted octanol–water partition coefficient (Wildman–Crippen LogP) is 4.88. The lowest BCUT2D eigenvalue weighted by molar-refractivity contribution is -0.114. The Balaban J connectivity index is 1.90. The van der Waals surface area contributed by atoms with Crippen molar-refractivity contribution in [2.75, 3.05) is 5.32 Å². The Hall–Kier alpha value is -3.26. The maximum absolute atomic E-state index is 13.8. The van der Waals surface area contributed by atoms with Crippen molar-refractivity contribution in [3.63, 3.8) is 0 Å². The minimum atomic E-state index is -3.97. The summed E-state index contributed by atoms with van der Waals surface area (Å²) in [4.78, 5) is 22.0. The van der Waals surface area contributed by atoms with Crippen LogP contribution in [0.2, 0.25) is 0 Å². The number of amides is 1. The second-order valence-corrected chi connectivity index (χ2v) is 10.1. The van der Waals surface area contributed by atoms with Gasteiger partial charge in [0.15, 0.2) is 5.65 Å². The van der Waals surface area contributed by atoms with Gasteiger partial charge in [0.25, 0.3) is 0 Å². The number of hydrogen-bond acceptors (Lipinski definition) is 5. The third-order valence-corrected chi connectivity index (χ3v) is 7.82. The van der Waals surface area contributed by atoms with E-state index in [1.54, 1.807) is 30.3 Å². The van der Waals surface area contributed by atoms with Crippen LogP contribution in [0.5, 0.6) is 0 Å². The summed E-state index contributed by atoms with van der Waals surface area (Å²) in [5.41, 5.74) is 2.09. The zero-order chi connectivity index (χ0) is 22.3. The van der Waals surface area contributed by atoms with Crippen LogP contribution in [0.1, 0.15) is 45.1 Å². The number of benzene rings is 2. The van der Waals surface area contributed by atoms with E-state index < -0.39 is 9.84 Å². The highest BCUT2D eigenvalue weighted by Gasteiger charge is 2.34. The largest absolute Gasteiger partial charge is 0.311 e. The molecule has 7 nitrogen and oxygen atoms in total. The molecule has 0 spiro atoms. The molecular formula is C24H24N4O3S. The Morgan fingerprint density at radius 3 is 2.22 bits per heavy atom. The standard InChI is InChI=1S/C24H24N4O3S/c1-16(29)25-24-22(32(30,31)18-12-6-3-7-13-18)21-23(28(24)17-10-4-2-5-11-17)27-20-15-9-8-14-19(20)26-21/h3,6-9,12-15,17H,2,4-5,10-11H2,1H3,(H,25,29). The van der Waals surface area contributed by atoms with Crippen LogP contribution in [-0.4, -0.2) is 28.9 Å². The van der Waals surface area contributed by atoms with Gasteiger partial charge in [0.2, 0.25) is 15.7 Å². The number of carbonyl (C=O) groups excluding carboxylic acids is 1. The molecule has 5 rings (SSSR count). The molecule has 8 heteroatoms. The van der Waals surface area contributed by atoms with Crippen molar-refractivity contribution in [1.29, 1.82) is 0 Å². The summed E-state index contributed by atoms with van der Waals surface area (Å²) < 4.78 is 29.6. The zero-order valence-electron chi connectivity index (χ0n) is 17.8. The molecule has 1 N–H and O–H groups in total. The normalized spacial score (nSPS) is 15.3. The number of aromatic nitrogens is 3. The van der Waals surface area contributed by atoms with E-state index in [-0.39, 0.29) is 27.6 Å². The van der Waals surface area contributed by atoms with E-state index in [9.17, 15) is 13.2 Å². The Morgan fingerprint density at radius 1 is 0.938 bits per heavy atom. The highest BCUT2D eigenvalue weighted by atomic mass is 32.2. The summed E-state index contributed by atoms with van der Waals surface area (Å²) in [6.07, 6.45) is 5.04. The number of nitrogens with zero attached hydrogens (tertiary/aromatic N) is 3. The van der Waals surface area contributed by atoms with E-state index in [1.807, 2.05) is 28.8 Å². The minimum absolute atomic E-state index is 0.0118. The van der Waals surface area contributed by atoms with Gasteiger partial charge in [0, 0.05) is 13.0 Å². The first-order chi connectivity index (χ1) is 15.5. The SMILES string of the molecule is CC(=O)Nc1c(S(=O)(=O)c2ccccc2)c2nc3ccccc3nc2n1C1CCCCC1. The number of nitrogens with one attached hydrogen (secondary N) is 1. The van der Waals surface area contributed by atoms with E-state index in [4.69, 9.17) is 9.97 Å². The summed E-state index contributed by atoms with van der Waals surface area (Å²) in [5.74, 6) is -0.0718. The van der Waals surface area contributed by atoms with Gasteiger partial charge in [0.1, 0.15) is 16.2 Å². The van der Waals surface area contributed by atoms with Crippen LogP contribution in [0.3, 0.4) is 0 Å². The third-order valence-electron chi connectivity index (χ3n) is 6.01. The molecule has 4 aromatic rings. The van der Waals surface area contributed by atoms with Crippen molar-refractivity contribution < 1.29 is 13.2 Å². The van der Waals surface area contributed by atoms with Crippen molar-refractivity contribution in [2.45, 2.75) is 54.9 Å². The summed E-state index contributed by atoms with van der Waals surface area (Å²) in [7, 11) is -3.97. The number of carbonyl (C=O) groups is 1. The molecule has 1 amide bonds. The van der Waals surface area contributed by atoms with Crippen LogP contribution in [0.4, 0.5) is 5.82 Å². The molecule has 1 aliphatic carbocycles. The van der Waals surface area contributed by atoms with Gasteiger partial charge in [-0.25, -0.2) is 18.4 Å². The summed E-state index contributed by atoms with van der Waals surface area (Å²) in [5, 5.41) is 2.82. The second kappa shape index (κ2) is 8.02. The second-order valence-electron chi connectivity index (χ2n) is 8.22. The van der Waals surface area contributed by atoms with Crippen LogP contribution in [0, 0.1) is 0 Å². The fourth-order valence-electron chi connectivity index (χ4n) is 4.59. The summed E-state index contributed by atoms with van der Waals surface area (Å²) in [6.45, 7) is 1.39. The maximum Gasteiger partial charge on any atom is 0.222 e. The smallest absolute Gasteiger partial charge is 0.222 e. The van der Waals surface area contributed by atoms with E-state index in [0.29, 0.717) is 22.2 Å². The predicted molar refractivity (Wildman–Crippen MR) is 123 cm³/mol. The summed E-state index contributed by atoms with van der Waals surface area (Å²) >= 11 is 0. The fraction of sp³-hybridized carbons (Fsp3) is 0.292. The molecule has 2 aromatic heterocycles. The molecular weight excluding hydrogens is 424 g/mol. The average Bonchev–Trinajstić information content (AvgIpc) is 3.11. The Bertz CT molecular complexity index is 1420. The van der Waals surface area contributed by atoms with Crippen LogP contribution < -0.4 is 5.32 Å². The van der Waals surface area contributed by atoms with Gasteiger partial charge in [-0.15, -0.1) is 0 Å². The van der Waals surface area contributed by atoms with Crippen LogP contribution in [0.15, 0.2) is 64.4 Å². The molecule has 0 bridgehead atoms. The molecule has 1 saturated carbocycles. The van der Waals surface area contributed by atoms with Gasteiger partial charge in [-0.05, 0) is 37.1 Å². The maximum atomic E-state index is 13.8. The first-order valence-corrected chi connectivity index (χ1v) is 12.3. The molecule has 0 radical (unpaired) electrons. The lowest BCUT2D eigenvalue weighted by Gasteiger charge is -2.26. The van der Waals surface area contributed by atoms with Crippen molar-refractivity contribution in [2.24, 2.45) is 0 Å². The minimum Gasteiger partial charge on any atom is -0.311 e. The van der Waals surface area contributed by atoms with Gasteiger partial charge >= 0.3 is 0 Å². The molecule has 0 saturated heterocycles. The van der Waals surface area contributed by atoms with Gasteiger partial charge in [0.05, 0.1) is 15.9 Å². The molecule has 1 aliphatic rings. The Morgan fingerprint density at radius 2 is 1.56 bits per heavy atom. The van der Waals surface area contributed by atoms with Crippen LogP contribution >= 0.6 is 0 Å². The van der Waals surface area contributed by atoms with Crippen molar-refractivity contribution in [1.82, 2.24) is 14.5 Å². The van der Waals surface area contributed by atoms with Crippen molar-refractivity contribution >= 4 is 43.8 Å². The molecule has 0 atom stereocenters. The van der Waals surface area contributed by atoms with Crippen LogP contribution in [-0.2, 0) is 14.6 Å². The highest BCUT2D eigenvalue weighted by molar-refractivity contribution is 7.92. The Kier molecular flexibility index (Phi) is 5.17. The molecule has 2 heterocycles. The Labute approximate surface area is 186 Å². The molecule has 32 heavy (non-hydrogen) atoms. The topological polar surface area (TPSA) is 93.9 Å². The molecule has 1 fully saturated rings. The van der Waals surface area contributed by atoms with E-state index in [1.165, 1.54) is 6.92 Å². The highest BCUT2D eigenvalue weighted by Crippen LogP contribution is 2.42. The molecule has 0 aliphatic heterocycles. The fourth-order valence-corrected chi connectivity index (χ4v) is 6.14. The zero-order valence-corrected chi connectivity index (χ0v) is 18.6. The van der Waals surface area contributed by atoms with Gasteiger partial charge in [-0.3, -0.25) is 4.79 Å². The molecule has 164 valence electrons. The van der Waals surface area contributed by atoms with Crippen molar-refractivity contribution in [3.05, 3.63) is 54.6 Å². The van der Waals surface area contributed by atoms with E-state index in [2.05, 4.69) is 5.32 Å². The lowest BCUT2D eigenvalue weighted by Crippen LogP contribution is -2.19. The first-order valence-electron chi connectivity index (χ1n) is 10.9. The first kappa shape index (κ1) is 20.6. The summed E-state index contributed by atoms with van der Waals surface area (Å²) in [6, 6.07) is 15.7. The molecule has 2 aromatic carbocycles. The third kappa shape index (κ3) is 3.44. The van der Waals surface area contributed by atoms with Gasteiger partial charge in [-0.2, -0.15) is 0 Å². The number of sulfone groups is 1. The van der Waals surface area contributed by atoms with E-state index in [0.717, 1.165) is 32.1 Å². The lowest BCUT2D eigenvalue weighted by atomic mass is 9.95. The number of fused-ring (bicyclic) bond motifs is 2. The number of anilines is 1. The van der Waals surface area contributed by atoms with Crippen LogP contribution in [0.25, 0.3) is 22.2 Å². The quantitative estimate of drug-likeness (QED) is 0.480. The monoisotopic (exact) mass is 448 g/mol. The van der Waals surface area contributed by atoms with Crippen molar-refractivity contribution in [3.8, 4) is 0 Å². The average molecular weight is 449 g/mol.